The number of methoxy groups -OCH3 is 1. The van der Waals surface area contributed by atoms with Gasteiger partial charge in [-0.1, -0.05) is 6.07 Å². The fourth-order valence-corrected chi connectivity index (χ4v) is 2.45. The van der Waals surface area contributed by atoms with Crippen molar-refractivity contribution in [3.8, 4) is 0 Å². The van der Waals surface area contributed by atoms with Crippen LogP contribution in [-0.2, 0) is 11.2 Å². The van der Waals surface area contributed by atoms with Crippen molar-refractivity contribution < 1.29 is 14.6 Å². The Morgan fingerprint density at radius 1 is 1.55 bits per heavy atom. The summed E-state index contributed by atoms with van der Waals surface area (Å²) in [5.74, 6) is -0.0739. The number of nitrogens with one attached hydrogen (secondary N) is 2. The Morgan fingerprint density at radius 3 is 3.20 bits per heavy atom. The van der Waals surface area contributed by atoms with E-state index in [1.165, 1.54) is 0 Å². The second-order valence-corrected chi connectivity index (χ2v) is 5.02. The molecule has 1 aromatic carbocycles. The Morgan fingerprint density at radius 2 is 2.40 bits per heavy atom. The molecule has 1 aliphatic rings. The number of anilines is 1. The average molecular weight is 278 g/mol. The summed E-state index contributed by atoms with van der Waals surface area (Å²) in [6.07, 6.45) is 1.93. The first kappa shape index (κ1) is 14.8. The summed E-state index contributed by atoms with van der Waals surface area (Å²) in [5, 5.41) is 15.7. The minimum absolute atomic E-state index is 0.0739. The van der Waals surface area contributed by atoms with Crippen LogP contribution in [0.15, 0.2) is 18.2 Å². The highest BCUT2D eigenvalue weighted by molar-refractivity contribution is 5.97. The highest BCUT2D eigenvalue weighted by Gasteiger charge is 2.17. The predicted molar refractivity (Wildman–Crippen MR) is 78.1 cm³/mol. The van der Waals surface area contributed by atoms with Gasteiger partial charge in [-0.2, -0.15) is 0 Å². The van der Waals surface area contributed by atoms with Gasteiger partial charge in [0.05, 0.1) is 12.7 Å². The molecule has 20 heavy (non-hydrogen) atoms. The van der Waals surface area contributed by atoms with Crippen LogP contribution in [0.4, 0.5) is 5.69 Å². The number of hydrogen-bond acceptors (Lipinski definition) is 4. The molecule has 0 saturated heterocycles. The van der Waals surface area contributed by atoms with Crippen molar-refractivity contribution in [1.29, 1.82) is 0 Å². The number of carbonyl (C=O) groups excluding carboxylic acids is 1. The van der Waals surface area contributed by atoms with Gasteiger partial charge in [0.15, 0.2) is 0 Å². The van der Waals surface area contributed by atoms with Crippen molar-refractivity contribution in [2.24, 2.45) is 0 Å². The highest BCUT2D eigenvalue weighted by atomic mass is 16.5. The fourth-order valence-electron chi connectivity index (χ4n) is 2.45. The van der Waals surface area contributed by atoms with Gasteiger partial charge >= 0.3 is 0 Å². The van der Waals surface area contributed by atoms with E-state index < -0.39 is 6.10 Å². The number of hydrogen-bond donors (Lipinski definition) is 3. The van der Waals surface area contributed by atoms with E-state index in [4.69, 9.17) is 4.74 Å². The van der Waals surface area contributed by atoms with Crippen molar-refractivity contribution in [2.45, 2.75) is 25.4 Å². The van der Waals surface area contributed by atoms with E-state index in [0.29, 0.717) is 19.6 Å². The van der Waals surface area contributed by atoms with Crippen LogP contribution in [0.5, 0.6) is 0 Å². The molecule has 0 fully saturated rings. The van der Waals surface area contributed by atoms with Crippen molar-refractivity contribution >= 4 is 11.6 Å². The maximum Gasteiger partial charge on any atom is 0.251 e. The topological polar surface area (TPSA) is 70.6 Å². The lowest BCUT2D eigenvalue weighted by atomic mass is 9.97. The Kier molecular flexibility index (Phi) is 5.38. The largest absolute Gasteiger partial charge is 0.391 e. The van der Waals surface area contributed by atoms with Crippen LogP contribution in [0.3, 0.4) is 0 Å². The average Bonchev–Trinajstić information content (AvgIpc) is 2.47. The molecule has 110 valence electrons. The SMILES string of the molecule is COCC(O)CCNC(=O)c1cccc2c1CCCN2. The molecule has 0 aromatic heterocycles. The zero-order valence-electron chi connectivity index (χ0n) is 11.8. The van der Waals surface area contributed by atoms with Gasteiger partial charge in [0.1, 0.15) is 0 Å². The number of rotatable bonds is 6. The minimum atomic E-state index is -0.536. The first-order valence-corrected chi connectivity index (χ1v) is 7.03. The van der Waals surface area contributed by atoms with Gasteiger partial charge in [0.2, 0.25) is 0 Å². The molecule has 1 aliphatic heterocycles. The van der Waals surface area contributed by atoms with Gasteiger partial charge in [0, 0.05) is 31.5 Å². The molecule has 1 amide bonds. The van der Waals surface area contributed by atoms with Gasteiger partial charge in [-0.3, -0.25) is 4.79 Å². The van der Waals surface area contributed by atoms with E-state index in [1.54, 1.807) is 7.11 Å². The summed E-state index contributed by atoms with van der Waals surface area (Å²) in [6.45, 7) is 1.70. The number of aliphatic hydroxyl groups excluding tert-OH is 1. The van der Waals surface area contributed by atoms with Crippen LogP contribution in [0.2, 0.25) is 0 Å². The molecule has 1 aromatic rings. The van der Waals surface area contributed by atoms with Gasteiger partial charge in [-0.25, -0.2) is 0 Å². The van der Waals surface area contributed by atoms with Gasteiger partial charge in [-0.15, -0.1) is 0 Å². The first-order valence-electron chi connectivity index (χ1n) is 7.03. The lowest BCUT2D eigenvalue weighted by Gasteiger charge is -2.20. The molecule has 5 heteroatoms. The molecule has 0 spiro atoms. The normalized spacial score (nSPS) is 15.1. The van der Waals surface area contributed by atoms with Crippen molar-refractivity contribution in [3.63, 3.8) is 0 Å². The van der Waals surface area contributed by atoms with E-state index in [1.807, 2.05) is 18.2 Å². The first-order chi connectivity index (χ1) is 9.72. The molecule has 0 bridgehead atoms. The number of ether oxygens (including phenoxy) is 1. The van der Waals surface area contributed by atoms with Crippen LogP contribution in [0.25, 0.3) is 0 Å². The molecule has 0 saturated carbocycles. The Balaban J connectivity index is 1.93. The molecule has 1 heterocycles. The summed E-state index contributed by atoms with van der Waals surface area (Å²) in [4.78, 5) is 12.2. The monoisotopic (exact) mass is 278 g/mol. The molecular formula is C15H22N2O3. The maximum atomic E-state index is 12.2. The second-order valence-electron chi connectivity index (χ2n) is 5.02. The highest BCUT2D eigenvalue weighted by Crippen LogP contribution is 2.25. The summed E-state index contributed by atoms with van der Waals surface area (Å²) in [6, 6.07) is 5.76. The summed E-state index contributed by atoms with van der Waals surface area (Å²) >= 11 is 0. The van der Waals surface area contributed by atoms with Crippen LogP contribution in [-0.4, -0.2) is 43.9 Å². The van der Waals surface area contributed by atoms with Gasteiger partial charge in [-0.05, 0) is 37.0 Å². The quantitative estimate of drug-likeness (QED) is 0.730. The van der Waals surface area contributed by atoms with E-state index >= 15 is 0 Å². The third-order valence-electron chi connectivity index (χ3n) is 3.46. The molecule has 3 N–H and O–H groups in total. The van der Waals surface area contributed by atoms with Crippen molar-refractivity contribution in [1.82, 2.24) is 5.32 Å². The predicted octanol–water partition coefficient (Wildman–Crippen LogP) is 1.17. The van der Waals surface area contributed by atoms with E-state index in [0.717, 1.165) is 36.2 Å². The van der Waals surface area contributed by atoms with E-state index in [-0.39, 0.29) is 5.91 Å². The zero-order chi connectivity index (χ0) is 14.4. The number of amides is 1. The fraction of sp³-hybridized carbons (Fsp3) is 0.533. The van der Waals surface area contributed by atoms with Gasteiger partial charge < -0.3 is 20.5 Å². The Hall–Kier alpha value is -1.59. The second kappa shape index (κ2) is 7.26. The van der Waals surface area contributed by atoms with Crippen LogP contribution >= 0.6 is 0 Å². The van der Waals surface area contributed by atoms with Crippen LogP contribution in [0.1, 0.15) is 28.8 Å². The number of aliphatic hydroxyl groups is 1. The standard InChI is InChI=1S/C15H22N2O3/c1-20-10-11(18)7-9-17-15(19)13-4-2-6-14-12(13)5-3-8-16-14/h2,4,6,11,16,18H,3,5,7-10H2,1H3,(H,17,19). The number of fused-ring (bicyclic) bond motifs is 1. The zero-order valence-corrected chi connectivity index (χ0v) is 11.8. The molecule has 5 nitrogen and oxygen atoms in total. The minimum Gasteiger partial charge on any atom is -0.391 e. The van der Waals surface area contributed by atoms with E-state index in [9.17, 15) is 9.90 Å². The molecule has 0 radical (unpaired) electrons. The molecular weight excluding hydrogens is 256 g/mol. The maximum absolute atomic E-state index is 12.2. The third kappa shape index (κ3) is 3.71. The van der Waals surface area contributed by atoms with Crippen molar-refractivity contribution in [2.75, 3.05) is 32.1 Å². The Labute approximate surface area is 119 Å². The van der Waals surface area contributed by atoms with Crippen LogP contribution < -0.4 is 10.6 Å². The smallest absolute Gasteiger partial charge is 0.251 e. The molecule has 1 atom stereocenters. The number of benzene rings is 1. The summed E-state index contributed by atoms with van der Waals surface area (Å²) in [7, 11) is 1.55. The molecule has 0 aliphatic carbocycles. The molecule has 2 rings (SSSR count). The Bertz CT molecular complexity index is 462. The van der Waals surface area contributed by atoms with Gasteiger partial charge in [0.25, 0.3) is 5.91 Å². The molecule has 1 unspecified atom stereocenters. The lowest BCUT2D eigenvalue weighted by Crippen LogP contribution is -2.29. The van der Waals surface area contributed by atoms with Crippen molar-refractivity contribution in [3.05, 3.63) is 29.3 Å². The summed E-state index contributed by atoms with van der Waals surface area (Å²) < 4.78 is 4.85. The van der Waals surface area contributed by atoms with Crippen LogP contribution in [0, 0.1) is 0 Å². The summed E-state index contributed by atoms with van der Waals surface area (Å²) in [5.41, 5.74) is 2.88. The third-order valence-corrected chi connectivity index (χ3v) is 3.46. The number of carbonyl (C=O) groups is 1. The lowest BCUT2D eigenvalue weighted by molar-refractivity contribution is 0.0587. The van der Waals surface area contributed by atoms with E-state index in [2.05, 4.69) is 10.6 Å².